The minimum atomic E-state index is 1.08. The van der Waals surface area contributed by atoms with Gasteiger partial charge in [-0.1, -0.05) is 48.5 Å². The maximum atomic E-state index is 4.67. The summed E-state index contributed by atoms with van der Waals surface area (Å²) in [6.45, 7) is 2.15. The van der Waals surface area contributed by atoms with Crippen LogP contribution in [0.15, 0.2) is 72.9 Å². The fourth-order valence-corrected chi connectivity index (χ4v) is 4.48. The molecule has 5 aromatic rings. The molecule has 2 heterocycles. The van der Waals surface area contributed by atoms with E-state index in [1.807, 2.05) is 17.5 Å². The van der Waals surface area contributed by atoms with Gasteiger partial charge in [0.2, 0.25) is 0 Å². The first-order valence-corrected chi connectivity index (χ1v) is 8.88. The van der Waals surface area contributed by atoms with Crippen molar-refractivity contribution < 1.29 is 0 Å². The van der Waals surface area contributed by atoms with Gasteiger partial charge in [-0.2, -0.15) is 0 Å². The Morgan fingerprint density at radius 1 is 0.750 bits per heavy atom. The molecule has 0 radical (unpaired) electrons. The quantitative estimate of drug-likeness (QED) is 0.317. The van der Waals surface area contributed by atoms with E-state index in [0.717, 1.165) is 5.69 Å². The lowest BCUT2D eigenvalue weighted by Crippen LogP contribution is -1.84. The van der Waals surface area contributed by atoms with Gasteiger partial charge in [-0.05, 0) is 52.1 Å². The molecule has 0 spiro atoms. The molecular formula is C22H15NS. The molecule has 2 aromatic heterocycles. The second kappa shape index (κ2) is 5.15. The van der Waals surface area contributed by atoms with Crippen molar-refractivity contribution in [2.45, 2.75) is 6.92 Å². The molecule has 0 aliphatic carbocycles. The van der Waals surface area contributed by atoms with E-state index in [9.17, 15) is 0 Å². The minimum Gasteiger partial charge on any atom is -0.255 e. The monoisotopic (exact) mass is 325 g/mol. The number of rotatable bonds is 1. The molecule has 0 saturated carbocycles. The maximum absolute atomic E-state index is 4.67. The van der Waals surface area contributed by atoms with Crippen molar-refractivity contribution in [1.82, 2.24) is 4.98 Å². The van der Waals surface area contributed by atoms with E-state index in [2.05, 4.69) is 78.6 Å². The molecule has 114 valence electrons. The Kier molecular flexibility index (Phi) is 2.94. The number of aromatic nitrogens is 1. The van der Waals surface area contributed by atoms with Crippen LogP contribution >= 0.6 is 11.3 Å². The van der Waals surface area contributed by atoms with Crippen LogP contribution in [-0.4, -0.2) is 4.98 Å². The summed E-state index contributed by atoms with van der Waals surface area (Å²) in [7, 11) is 0. The number of fused-ring (bicyclic) bond motifs is 4. The lowest BCUT2D eigenvalue weighted by atomic mass is 9.99. The van der Waals surface area contributed by atoms with Crippen molar-refractivity contribution in [2.24, 2.45) is 0 Å². The molecule has 0 saturated heterocycles. The third-order valence-electron chi connectivity index (χ3n) is 4.58. The van der Waals surface area contributed by atoms with E-state index in [1.54, 1.807) is 0 Å². The van der Waals surface area contributed by atoms with Crippen LogP contribution in [0.1, 0.15) is 4.88 Å². The first kappa shape index (κ1) is 13.7. The first-order valence-electron chi connectivity index (χ1n) is 8.07. The van der Waals surface area contributed by atoms with E-state index in [-0.39, 0.29) is 0 Å². The second-order valence-corrected chi connectivity index (χ2v) is 7.41. The molecule has 0 fully saturated rings. The average molecular weight is 325 g/mol. The van der Waals surface area contributed by atoms with Crippen LogP contribution in [0.2, 0.25) is 0 Å². The van der Waals surface area contributed by atoms with Crippen LogP contribution in [0, 0.1) is 6.92 Å². The van der Waals surface area contributed by atoms with Crippen LogP contribution in [0.4, 0.5) is 0 Å². The number of hydrogen-bond acceptors (Lipinski definition) is 2. The van der Waals surface area contributed by atoms with Gasteiger partial charge < -0.3 is 0 Å². The van der Waals surface area contributed by atoms with Crippen LogP contribution in [-0.2, 0) is 0 Å². The first-order chi connectivity index (χ1) is 11.8. The zero-order valence-electron chi connectivity index (χ0n) is 13.3. The van der Waals surface area contributed by atoms with Gasteiger partial charge in [-0.25, -0.2) is 0 Å². The van der Waals surface area contributed by atoms with Crippen molar-refractivity contribution in [3.8, 4) is 11.3 Å². The standard InChI is InChI=1S/C22H15NS/c1-14-12-18-10-11-23-21(22(18)24-14)17-8-9-20-16(13-17)7-6-15-4-2-3-5-19(15)20/h2-13H,1H3. The summed E-state index contributed by atoms with van der Waals surface area (Å²) >= 11 is 1.82. The van der Waals surface area contributed by atoms with Gasteiger partial charge in [0, 0.05) is 16.6 Å². The molecule has 5 rings (SSSR count). The van der Waals surface area contributed by atoms with Crippen LogP contribution in [0.25, 0.3) is 42.9 Å². The van der Waals surface area contributed by atoms with E-state index in [0.29, 0.717) is 0 Å². The third kappa shape index (κ3) is 2.04. The minimum absolute atomic E-state index is 1.08. The van der Waals surface area contributed by atoms with E-state index >= 15 is 0 Å². The Bertz CT molecular complexity index is 1220. The molecule has 0 bridgehead atoms. The number of nitrogens with zero attached hydrogens (tertiary/aromatic N) is 1. The predicted molar refractivity (Wildman–Crippen MR) is 105 cm³/mol. The summed E-state index contributed by atoms with van der Waals surface area (Å²) < 4.78 is 1.27. The fraction of sp³-hybridized carbons (Fsp3) is 0.0455. The van der Waals surface area contributed by atoms with Crippen molar-refractivity contribution in [3.05, 3.63) is 77.8 Å². The Morgan fingerprint density at radius 2 is 1.58 bits per heavy atom. The highest BCUT2D eigenvalue weighted by atomic mass is 32.1. The van der Waals surface area contributed by atoms with E-state index in [4.69, 9.17) is 0 Å². The van der Waals surface area contributed by atoms with E-state index in [1.165, 1.54) is 42.1 Å². The Balaban J connectivity index is 1.79. The van der Waals surface area contributed by atoms with Gasteiger partial charge in [-0.15, -0.1) is 11.3 Å². The lowest BCUT2D eigenvalue weighted by Gasteiger charge is -2.07. The topological polar surface area (TPSA) is 12.9 Å². The molecule has 0 aliphatic heterocycles. The zero-order valence-corrected chi connectivity index (χ0v) is 14.1. The molecule has 24 heavy (non-hydrogen) atoms. The van der Waals surface area contributed by atoms with Crippen LogP contribution in [0.5, 0.6) is 0 Å². The van der Waals surface area contributed by atoms with Gasteiger partial charge in [0.15, 0.2) is 0 Å². The number of pyridine rings is 1. The van der Waals surface area contributed by atoms with Gasteiger partial charge in [0.1, 0.15) is 0 Å². The molecule has 3 aromatic carbocycles. The van der Waals surface area contributed by atoms with Crippen LogP contribution < -0.4 is 0 Å². The second-order valence-electron chi connectivity index (χ2n) is 6.16. The van der Waals surface area contributed by atoms with Crippen LogP contribution in [0.3, 0.4) is 0 Å². The molecule has 0 aliphatic rings. The summed E-state index contributed by atoms with van der Waals surface area (Å²) in [4.78, 5) is 6.00. The summed E-state index contributed by atoms with van der Waals surface area (Å²) in [5.41, 5.74) is 2.27. The zero-order chi connectivity index (χ0) is 16.1. The van der Waals surface area contributed by atoms with Gasteiger partial charge in [-0.3, -0.25) is 4.98 Å². The fourth-order valence-electron chi connectivity index (χ4n) is 3.46. The highest BCUT2D eigenvalue weighted by molar-refractivity contribution is 7.19. The summed E-state index contributed by atoms with van der Waals surface area (Å²) in [6, 6.07) is 24.0. The number of thiophene rings is 1. The van der Waals surface area contributed by atoms with Crippen molar-refractivity contribution in [3.63, 3.8) is 0 Å². The molecular weight excluding hydrogens is 310 g/mol. The Morgan fingerprint density at radius 3 is 2.54 bits per heavy atom. The summed E-state index contributed by atoms with van der Waals surface area (Å²) in [6.07, 6.45) is 1.91. The smallest absolute Gasteiger partial charge is 0.0880 e. The van der Waals surface area contributed by atoms with Crippen molar-refractivity contribution >= 4 is 43.0 Å². The highest BCUT2D eigenvalue weighted by Gasteiger charge is 2.09. The molecule has 2 heteroatoms. The highest BCUT2D eigenvalue weighted by Crippen LogP contribution is 2.35. The third-order valence-corrected chi connectivity index (χ3v) is 5.65. The Labute approximate surface area is 144 Å². The lowest BCUT2D eigenvalue weighted by molar-refractivity contribution is 1.37. The Hall–Kier alpha value is -2.71. The van der Waals surface area contributed by atoms with Crippen molar-refractivity contribution in [2.75, 3.05) is 0 Å². The average Bonchev–Trinajstić information content (AvgIpc) is 3.01. The van der Waals surface area contributed by atoms with E-state index < -0.39 is 0 Å². The normalized spacial score (nSPS) is 11.5. The molecule has 1 nitrogen and oxygen atoms in total. The number of aryl methyl sites for hydroxylation is 1. The molecule has 0 amide bonds. The number of hydrogen-bond donors (Lipinski definition) is 0. The predicted octanol–water partition coefficient (Wildman–Crippen LogP) is 6.58. The van der Waals surface area contributed by atoms with Gasteiger partial charge in [0.05, 0.1) is 10.4 Å². The summed E-state index contributed by atoms with van der Waals surface area (Å²) in [5.74, 6) is 0. The maximum Gasteiger partial charge on any atom is 0.0880 e. The largest absolute Gasteiger partial charge is 0.255 e. The van der Waals surface area contributed by atoms with Gasteiger partial charge >= 0.3 is 0 Å². The van der Waals surface area contributed by atoms with Gasteiger partial charge in [0.25, 0.3) is 0 Å². The molecule has 0 atom stereocenters. The summed E-state index contributed by atoms with van der Waals surface area (Å²) in [5, 5.41) is 6.43. The molecule has 0 N–H and O–H groups in total. The van der Waals surface area contributed by atoms with Crippen molar-refractivity contribution in [1.29, 1.82) is 0 Å². The molecule has 0 unspecified atom stereocenters. The number of benzene rings is 3. The SMILES string of the molecule is Cc1cc2ccnc(-c3ccc4c(ccc5ccccc54)c3)c2s1.